The van der Waals surface area contributed by atoms with Crippen LogP contribution in [0.4, 0.5) is 5.69 Å². The van der Waals surface area contributed by atoms with Gasteiger partial charge in [-0.1, -0.05) is 18.2 Å². The van der Waals surface area contributed by atoms with Crippen LogP contribution in [0.15, 0.2) is 30.3 Å². The van der Waals surface area contributed by atoms with Crippen molar-refractivity contribution < 1.29 is 14.7 Å². The second-order valence-corrected chi connectivity index (χ2v) is 2.86. The van der Waals surface area contributed by atoms with Crippen molar-refractivity contribution in [2.75, 3.05) is 4.90 Å². The summed E-state index contributed by atoms with van der Waals surface area (Å²) in [4.78, 5) is 22.6. The number of amides is 1. The number of para-hydroxylation sites is 1. The Hall–Kier alpha value is -1.84. The highest BCUT2D eigenvalue weighted by atomic mass is 16.4. The third-order valence-electron chi connectivity index (χ3n) is 1.94. The summed E-state index contributed by atoms with van der Waals surface area (Å²) in [6.07, 6.45) is 0.522. The molecule has 1 atom stereocenters. The predicted molar refractivity (Wildman–Crippen MR) is 52.1 cm³/mol. The Morgan fingerprint density at radius 3 is 2.43 bits per heavy atom. The quantitative estimate of drug-likeness (QED) is 0.729. The summed E-state index contributed by atoms with van der Waals surface area (Å²) >= 11 is 0. The highest BCUT2D eigenvalue weighted by Crippen LogP contribution is 2.14. The summed E-state index contributed by atoms with van der Waals surface area (Å²) in [7, 11) is 0. The summed E-state index contributed by atoms with van der Waals surface area (Å²) in [5, 5.41) is 8.74. The van der Waals surface area contributed by atoms with Gasteiger partial charge in [-0.25, -0.2) is 4.79 Å². The zero-order valence-electron chi connectivity index (χ0n) is 7.75. The Balaban J connectivity index is 2.93. The van der Waals surface area contributed by atoms with Crippen LogP contribution in [0.1, 0.15) is 6.92 Å². The highest BCUT2D eigenvalue weighted by molar-refractivity contribution is 5.87. The van der Waals surface area contributed by atoms with Crippen LogP contribution >= 0.6 is 0 Å². The van der Waals surface area contributed by atoms with E-state index in [-0.39, 0.29) is 0 Å². The first-order chi connectivity index (χ1) is 6.66. The topological polar surface area (TPSA) is 57.6 Å². The molecule has 0 radical (unpaired) electrons. The molecule has 1 aromatic carbocycles. The molecule has 1 rings (SSSR count). The van der Waals surface area contributed by atoms with Crippen LogP contribution in [0.2, 0.25) is 0 Å². The molecule has 1 aromatic rings. The molecule has 1 amide bonds. The Morgan fingerprint density at radius 1 is 1.43 bits per heavy atom. The maximum absolute atomic E-state index is 10.7. The molecule has 0 heterocycles. The largest absolute Gasteiger partial charge is 0.480 e. The van der Waals surface area contributed by atoms with E-state index in [0.717, 1.165) is 0 Å². The highest BCUT2D eigenvalue weighted by Gasteiger charge is 2.19. The normalized spacial score (nSPS) is 11.8. The summed E-state index contributed by atoms with van der Waals surface area (Å²) in [6, 6.07) is 7.83. The van der Waals surface area contributed by atoms with Crippen molar-refractivity contribution in [1.29, 1.82) is 0 Å². The second-order valence-electron chi connectivity index (χ2n) is 2.86. The van der Waals surface area contributed by atoms with Gasteiger partial charge in [0.25, 0.3) is 0 Å². The Morgan fingerprint density at radius 2 is 2.00 bits per heavy atom. The zero-order chi connectivity index (χ0) is 10.6. The van der Waals surface area contributed by atoms with Gasteiger partial charge in [-0.05, 0) is 19.1 Å². The van der Waals surface area contributed by atoms with Gasteiger partial charge >= 0.3 is 5.97 Å². The van der Waals surface area contributed by atoms with E-state index in [1.165, 1.54) is 11.8 Å². The number of anilines is 1. The van der Waals surface area contributed by atoms with Gasteiger partial charge in [-0.2, -0.15) is 0 Å². The minimum atomic E-state index is -1.03. The molecule has 0 saturated carbocycles. The fourth-order valence-corrected chi connectivity index (χ4v) is 1.09. The molecule has 0 fully saturated rings. The third-order valence-corrected chi connectivity index (χ3v) is 1.94. The molecular weight excluding hydrogens is 182 g/mol. The number of nitrogens with zero attached hydrogens (tertiary/aromatic N) is 1. The summed E-state index contributed by atoms with van der Waals surface area (Å²) in [5.41, 5.74) is 0.581. The third kappa shape index (κ3) is 2.10. The van der Waals surface area contributed by atoms with Crippen LogP contribution < -0.4 is 4.90 Å². The Labute approximate surface area is 81.8 Å². The Kier molecular flexibility index (Phi) is 3.23. The molecule has 4 heteroatoms. The number of carboxylic acids is 1. The van der Waals surface area contributed by atoms with Crippen molar-refractivity contribution in [3.63, 3.8) is 0 Å². The molecule has 74 valence electrons. The van der Waals surface area contributed by atoms with E-state index in [9.17, 15) is 9.59 Å². The van der Waals surface area contributed by atoms with Crippen molar-refractivity contribution in [3.8, 4) is 0 Å². The zero-order valence-corrected chi connectivity index (χ0v) is 7.75. The number of aliphatic carboxylic acids is 1. The Bertz CT molecular complexity index is 323. The number of hydrogen-bond acceptors (Lipinski definition) is 2. The van der Waals surface area contributed by atoms with Gasteiger partial charge in [0, 0.05) is 5.69 Å². The smallest absolute Gasteiger partial charge is 0.326 e. The van der Waals surface area contributed by atoms with Gasteiger partial charge in [0.2, 0.25) is 6.41 Å². The van der Waals surface area contributed by atoms with E-state index < -0.39 is 12.0 Å². The summed E-state index contributed by atoms with van der Waals surface area (Å²) < 4.78 is 0. The summed E-state index contributed by atoms with van der Waals surface area (Å²) in [5.74, 6) is -1.03. The fraction of sp³-hybridized carbons (Fsp3) is 0.200. The van der Waals surface area contributed by atoms with Gasteiger partial charge in [-0.15, -0.1) is 0 Å². The monoisotopic (exact) mass is 193 g/mol. The van der Waals surface area contributed by atoms with Gasteiger partial charge in [0.05, 0.1) is 0 Å². The van der Waals surface area contributed by atoms with Gasteiger partial charge in [0.1, 0.15) is 6.04 Å². The van der Waals surface area contributed by atoms with E-state index in [1.807, 2.05) is 0 Å². The lowest BCUT2D eigenvalue weighted by atomic mass is 10.2. The maximum Gasteiger partial charge on any atom is 0.326 e. The molecule has 1 N–H and O–H groups in total. The molecule has 0 aromatic heterocycles. The first-order valence-electron chi connectivity index (χ1n) is 4.18. The summed E-state index contributed by atoms with van der Waals surface area (Å²) in [6.45, 7) is 1.46. The number of carbonyl (C=O) groups excluding carboxylic acids is 1. The van der Waals surface area contributed by atoms with Crippen molar-refractivity contribution in [1.82, 2.24) is 0 Å². The van der Waals surface area contributed by atoms with Crippen LogP contribution in [0, 0.1) is 0 Å². The second kappa shape index (κ2) is 4.41. The number of carbonyl (C=O) groups is 2. The standard InChI is InChI=1S/C10H11NO3/c1-8(10(13)14)11(7-12)9-5-3-2-4-6-9/h2-8H,1H3,(H,13,14)/t8-/m1/s1. The molecule has 14 heavy (non-hydrogen) atoms. The molecule has 0 bridgehead atoms. The molecule has 0 saturated heterocycles. The van der Waals surface area contributed by atoms with Crippen LogP contribution in [-0.4, -0.2) is 23.5 Å². The van der Waals surface area contributed by atoms with E-state index in [0.29, 0.717) is 12.1 Å². The van der Waals surface area contributed by atoms with Crippen LogP contribution in [-0.2, 0) is 9.59 Å². The number of carboxylic acid groups (broad SMARTS) is 1. The van der Waals surface area contributed by atoms with Crippen LogP contribution in [0.25, 0.3) is 0 Å². The molecule has 0 aliphatic heterocycles. The van der Waals surface area contributed by atoms with Crippen LogP contribution in [0.3, 0.4) is 0 Å². The molecule has 0 spiro atoms. The van der Waals surface area contributed by atoms with Crippen LogP contribution in [0.5, 0.6) is 0 Å². The average Bonchev–Trinajstić information content (AvgIpc) is 2.20. The lowest BCUT2D eigenvalue weighted by molar-refractivity contribution is -0.138. The molecule has 4 nitrogen and oxygen atoms in total. The number of rotatable bonds is 4. The number of benzene rings is 1. The van der Waals surface area contributed by atoms with E-state index in [4.69, 9.17) is 5.11 Å². The van der Waals surface area contributed by atoms with Gasteiger partial charge < -0.3 is 10.0 Å². The first kappa shape index (κ1) is 10.2. The minimum absolute atomic E-state index is 0.522. The van der Waals surface area contributed by atoms with E-state index in [1.54, 1.807) is 30.3 Å². The van der Waals surface area contributed by atoms with Crippen molar-refractivity contribution in [2.45, 2.75) is 13.0 Å². The lowest BCUT2D eigenvalue weighted by Gasteiger charge is -2.21. The molecule has 0 aliphatic carbocycles. The van der Waals surface area contributed by atoms with Gasteiger partial charge in [0.15, 0.2) is 0 Å². The molecule has 0 aliphatic rings. The molecular formula is C10H11NO3. The van der Waals surface area contributed by atoms with Crippen molar-refractivity contribution in [2.24, 2.45) is 0 Å². The van der Waals surface area contributed by atoms with E-state index in [2.05, 4.69) is 0 Å². The van der Waals surface area contributed by atoms with E-state index >= 15 is 0 Å². The SMILES string of the molecule is C[C@H](C(=O)O)N(C=O)c1ccccc1. The van der Waals surface area contributed by atoms with Crippen molar-refractivity contribution >= 4 is 18.1 Å². The van der Waals surface area contributed by atoms with Gasteiger partial charge in [-0.3, -0.25) is 4.79 Å². The van der Waals surface area contributed by atoms with Crippen molar-refractivity contribution in [3.05, 3.63) is 30.3 Å². The first-order valence-corrected chi connectivity index (χ1v) is 4.18. The average molecular weight is 193 g/mol. The maximum atomic E-state index is 10.7. The lowest BCUT2D eigenvalue weighted by Crippen LogP contribution is -2.37. The number of hydrogen-bond donors (Lipinski definition) is 1. The molecule has 0 unspecified atom stereocenters. The minimum Gasteiger partial charge on any atom is -0.480 e. The fourth-order valence-electron chi connectivity index (χ4n) is 1.09. The predicted octanol–water partition coefficient (Wildman–Crippen LogP) is 1.12.